The molecule has 0 aliphatic carbocycles. The molecule has 3 amide bonds. The van der Waals surface area contributed by atoms with E-state index in [1.807, 2.05) is 19.1 Å². The van der Waals surface area contributed by atoms with E-state index in [1.165, 1.54) is 0 Å². The number of anilines is 3. The van der Waals surface area contributed by atoms with Gasteiger partial charge in [-0.25, -0.2) is 4.98 Å². The molecule has 0 fully saturated rings. The summed E-state index contributed by atoms with van der Waals surface area (Å²) in [5.41, 5.74) is 3.75. The molecule has 0 saturated carbocycles. The summed E-state index contributed by atoms with van der Waals surface area (Å²) in [6.07, 6.45) is 4.71. The van der Waals surface area contributed by atoms with Crippen LogP contribution in [0.3, 0.4) is 0 Å². The zero-order valence-electron chi connectivity index (χ0n) is 18.7. The van der Waals surface area contributed by atoms with E-state index in [9.17, 15) is 14.4 Å². The predicted molar refractivity (Wildman–Crippen MR) is 136 cm³/mol. The van der Waals surface area contributed by atoms with Gasteiger partial charge in [0.1, 0.15) is 5.69 Å². The Hall–Kier alpha value is -4.78. The first-order valence-electron chi connectivity index (χ1n) is 10.5. The van der Waals surface area contributed by atoms with Crippen LogP contribution in [0.5, 0.6) is 0 Å². The zero-order chi connectivity index (χ0) is 24.5. The second-order valence-corrected chi connectivity index (χ2v) is 7.12. The van der Waals surface area contributed by atoms with E-state index in [1.54, 1.807) is 66.7 Å². The maximum absolute atomic E-state index is 12.6. The first-order chi connectivity index (χ1) is 16.4. The van der Waals surface area contributed by atoms with Crippen molar-refractivity contribution in [3.8, 4) is 0 Å². The molecule has 0 radical (unpaired) electrons. The van der Waals surface area contributed by atoms with Crippen LogP contribution in [0.1, 0.15) is 33.5 Å². The number of nitrogens with zero attached hydrogens (tertiary/aromatic N) is 1. The summed E-state index contributed by atoms with van der Waals surface area (Å²) < 4.78 is 0. The van der Waals surface area contributed by atoms with Crippen molar-refractivity contribution in [1.29, 1.82) is 0 Å². The Morgan fingerprint density at radius 3 is 1.97 bits per heavy atom. The second kappa shape index (κ2) is 11.2. The zero-order valence-corrected chi connectivity index (χ0v) is 18.7. The molecule has 2 aromatic carbocycles. The van der Waals surface area contributed by atoms with E-state index >= 15 is 0 Å². The van der Waals surface area contributed by atoms with E-state index < -0.39 is 0 Å². The van der Waals surface area contributed by atoms with Gasteiger partial charge in [0.2, 0.25) is 5.91 Å². The Labute approximate surface area is 197 Å². The molecule has 3 N–H and O–H groups in total. The molecule has 7 nitrogen and oxygen atoms in total. The van der Waals surface area contributed by atoms with Gasteiger partial charge in [-0.1, -0.05) is 37.4 Å². The van der Waals surface area contributed by atoms with Crippen molar-refractivity contribution in [2.75, 3.05) is 16.0 Å². The van der Waals surface area contributed by atoms with Gasteiger partial charge in [0.05, 0.1) is 5.69 Å². The number of pyridine rings is 1. The van der Waals surface area contributed by atoms with Crippen molar-refractivity contribution in [3.05, 3.63) is 115 Å². The molecule has 0 spiro atoms. The van der Waals surface area contributed by atoms with Crippen LogP contribution in [0.2, 0.25) is 0 Å². The average molecular weight is 453 g/mol. The van der Waals surface area contributed by atoms with Gasteiger partial charge >= 0.3 is 0 Å². The fourth-order valence-electron chi connectivity index (χ4n) is 3.06. The number of benzene rings is 2. The molecule has 1 heterocycles. The smallest absolute Gasteiger partial charge is 0.274 e. The van der Waals surface area contributed by atoms with Gasteiger partial charge in [0, 0.05) is 22.6 Å². The predicted octanol–water partition coefficient (Wildman–Crippen LogP) is 5.30. The Morgan fingerprint density at radius 2 is 1.35 bits per heavy atom. The molecule has 0 atom stereocenters. The van der Waals surface area contributed by atoms with Crippen molar-refractivity contribution < 1.29 is 14.4 Å². The van der Waals surface area contributed by atoms with Crippen LogP contribution in [0.15, 0.2) is 98.1 Å². The highest BCUT2D eigenvalue weighted by Crippen LogP contribution is 2.18. The lowest BCUT2D eigenvalue weighted by atomic mass is 10.1. The first-order valence-corrected chi connectivity index (χ1v) is 10.5. The summed E-state index contributed by atoms with van der Waals surface area (Å²) in [7, 11) is 0. The Bertz CT molecular complexity index is 1280. The van der Waals surface area contributed by atoms with Crippen LogP contribution in [0, 0.1) is 0 Å². The van der Waals surface area contributed by atoms with Crippen LogP contribution in [0.4, 0.5) is 17.1 Å². The monoisotopic (exact) mass is 452 g/mol. The van der Waals surface area contributed by atoms with Gasteiger partial charge in [-0.3, -0.25) is 14.4 Å². The van der Waals surface area contributed by atoms with Gasteiger partial charge in [-0.15, -0.1) is 0 Å². The van der Waals surface area contributed by atoms with Crippen LogP contribution < -0.4 is 16.0 Å². The summed E-state index contributed by atoms with van der Waals surface area (Å²) >= 11 is 0. The number of amides is 3. The van der Waals surface area contributed by atoms with Gasteiger partial charge < -0.3 is 16.0 Å². The lowest BCUT2D eigenvalue weighted by Gasteiger charge is -2.09. The van der Waals surface area contributed by atoms with E-state index in [-0.39, 0.29) is 23.4 Å². The van der Waals surface area contributed by atoms with Crippen LogP contribution in [-0.2, 0) is 4.79 Å². The minimum atomic E-state index is -0.361. The summed E-state index contributed by atoms with van der Waals surface area (Å²) in [5, 5.41) is 8.20. The molecular formula is C27H24N4O3. The van der Waals surface area contributed by atoms with E-state index in [2.05, 4.69) is 34.1 Å². The maximum atomic E-state index is 12.6. The molecule has 170 valence electrons. The van der Waals surface area contributed by atoms with Crippen LogP contribution >= 0.6 is 0 Å². The normalized spacial score (nSPS) is 10.7. The van der Waals surface area contributed by atoms with Gasteiger partial charge in [0.15, 0.2) is 0 Å². The van der Waals surface area contributed by atoms with Gasteiger partial charge in [-0.05, 0) is 73.2 Å². The van der Waals surface area contributed by atoms with Gasteiger partial charge in [-0.2, -0.15) is 0 Å². The molecule has 3 aromatic rings. The number of carbonyl (C=O) groups is 3. The largest absolute Gasteiger partial charge is 0.323 e. The Balaban J connectivity index is 1.65. The lowest BCUT2D eigenvalue weighted by molar-refractivity contribution is -0.111. The Morgan fingerprint density at radius 1 is 0.735 bits per heavy atom. The van der Waals surface area contributed by atoms with Crippen molar-refractivity contribution in [2.24, 2.45) is 0 Å². The number of hydrogen-bond acceptors (Lipinski definition) is 4. The quantitative estimate of drug-likeness (QED) is 0.319. The fourth-order valence-corrected chi connectivity index (χ4v) is 3.06. The highest BCUT2D eigenvalue weighted by Gasteiger charge is 2.11. The summed E-state index contributed by atoms with van der Waals surface area (Å²) in [4.78, 5) is 41.0. The molecule has 3 rings (SSSR count). The topological polar surface area (TPSA) is 100 Å². The number of carbonyl (C=O) groups excluding carboxylic acids is 3. The third kappa shape index (κ3) is 6.14. The number of rotatable bonds is 8. The molecule has 1 aromatic heterocycles. The van der Waals surface area contributed by atoms with Crippen molar-refractivity contribution in [3.63, 3.8) is 0 Å². The third-order valence-electron chi connectivity index (χ3n) is 4.79. The summed E-state index contributed by atoms with van der Waals surface area (Å²) in [6.45, 7) is 9.04. The van der Waals surface area contributed by atoms with Crippen LogP contribution in [-0.4, -0.2) is 22.7 Å². The molecule has 0 aliphatic heterocycles. The molecule has 34 heavy (non-hydrogen) atoms. The van der Waals surface area contributed by atoms with E-state index in [4.69, 9.17) is 0 Å². The van der Waals surface area contributed by atoms with Gasteiger partial charge in [0.25, 0.3) is 11.8 Å². The number of aromatic nitrogens is 1. The third-order valence-corrected chi connectivity index (χ3v) is 4.79. The second-order valence-electron chi connectivity index (χ2n) is 7.12. The fraction of sp³-hybridized carbons (Fsp3) is 0.0370. The van der Waals surface area contributed by atoms with Crippen LogP contribution in [0.25, 0.3) is 5.57 Å². The lowest BCUT2D eigenvalue weighted by Crippen LogP contribution is -2.15. The summed E-state index contributed by atoms with van der Waals surface area (Å²) in [5.74, 6) is -1.05. The summed E-state index contributed by atoms with van der Waals surface area (Å²) in [6, 6.07) is 18.5. The van der Waals surface area contributed by atoms with E-state index in [0.29, 0.717) is 28.3 Å². The van der Waals surface area contributed by atoms with Crippen molar-refractivity contribution >= 4 is 40.4 Å². The number of allylic oxidation sites excluding steroid dienone is 3. The molecule has 0 bridgehead atoms. The Kier molecular flexibility index (Phi) is 7.86. The van der Waals surface area contributed by atoms with E-state index in [0.717, 1.165) is 11.6 Å². The minimum Gasteiger partial charge on any atom is -0.323 e. The van der Waals surface area contributed by atoms with Crippen molar-refractivity contribution in [1.82, 2.24) is 4.98 Å². The highest BCUT2D eigenvalue weighted by atomic mass is 16.2. The molecule has 0 aliphatic rings. The van der Waals surface area contributed by atoms with Crippen molar-refractivity contribution in [2.45, 2.75) is 6.92 Å². The standard InChI is InChI=1S/C27H24N4O3/c1-4-18(5-2)23-11-8-12-24(31-23)27(34)30-21-15-13-20(14-16-21)29-26(33)19-9-7-10-22(17-19)28-25(32)6-3/h4-17H,1,3H2,2H3,(H,28,32)(H,29,33)(H,30,34)/b18-5+. The number of nitrogens with one attached hydrogen (secondary N) is 3. The molecule has 0 unspecified atom stereocenters. The average Bonchev–Trinajstić information content (AvgIpc) is 2.86. The SMILES string of the molecule is C=CC(=O)Nc1cccc(C(=O)Nc2ccc(NC(=O)c3cccc(/C(C=C)=C/C)n3)cc2)c1. The minimum absolute atomic E-state index is 0.277. The number of hydrogen-bond donors (Lipinski definition) is 3. The highest BCUT2D eigenvalue weighted by molar-refractivity contribution is 6.06. The molecule has 0 saturated heterocycles. The molecule has 7 heteroatoms. The first kappa shape index (κ1) is 23.9. The molecular weight excluding hydrogens is 428 g/mol. The maximum Gasteiger partial charge on any atom is 0.274 e.